The predicted molar refractivity (Wildman–Crippen MR) is 117 cm³/mol. The van der Waals surface area contributed by atoms with E-state index in [4.69, 9.17) is 0 Å². The highest BCUT2D eigenvalue weighted by atomic mass is 32.2. The molecular weight excluding hydrogens is 384 g/mol. The Morgan fingerprint density at radius 1 is 0.862 bits per heavy atom. The van der Waals surface area contributed by atoms with E-state index in [1.807, 2.05) is 50.2 Å². The van der Waals surface area contributed by atoms with Crippen LogP contribution >= 0.6 is 0 Å². The van der Waals surface area contributed by atoms with Crippen LogP contribution in [0.25, 0.3) is 0 Å². The van der Waals surface area contributed by atoms with Crippen molar-refractivity contribution in [2.45, 2.75) is 32.1 Å². The Labute approximate surface area is 171 Å². The molecule has 1 amide bonds. The van der Waals surface area contributed by atoms with Crippen LogP contribution in [0.15, 0.2) is 71.6 Å². The number of anilines is 2. The number of aryl methyl sites for hydroxylation is 3. The van der Waals surface area contributed by atoms with E-state index >= 15 is 0 Å². The Morgan fingerprint density at radius 2 is 1.52 bits per heavy atom. The Hall–Kier alpha value is -3.12. The maximum Gasteiger partial charge on any atom is 0.262 e. The summed E-state index contributed by atoms with van der Waals surface area (Å²) in [5, 5.41) is 2.88. The highest BCUT2D eigenvalue weighted by Gasteiger charge is 2.20. The monoisotopic (exact) mass is 408 g/mol. The average molecular weight is 409 g/mol. The Morgan fingerprint density at radius 3 is 2.21 bits per heavy atom. The van der Waals surface area contributed by atoms with Crippen molar-refractivity contribution in [3.8, 4) is 0 Å². The first kappa shape index (κ1) is 20.6. The van der Waals surface area contributed by atoms with Crippen LogP contribution in [0.2, 0.25) is 0 Å². The van der Waals surface area contributed by atoms with Gasteiger partial charge in [0.25, 0.3) is 15.9 Å². The summed E-state index contributed by atoms with van der Waals surface area (Å²) in [6.07, 6.45) is 0.782. The van der Waals surface area contributed by atoms with Gasteiger partial charge in [0.1, 0.15) is 0 Å². The molecule has 2 N–H and O–H groups in total. The lowest BCUT2D eigenvalue weighted by Gasteiger charge is -2.14. The molecule has 29 heavy (non-hydrogen) atoms. The second-order valence-corrected chi connectivity index (χ2v) is 8.52. The van der Waals surface area contributed by atoms with E-state index in [9.17, 15) is 13.2 Å². The normalized spacial score (nSPS) is 11.1. The first-order chi connectivity index (χ1) is 13.8. The third-order valence-corrected chi connectivity index (χ3v) is 6.28. The maximum absolute atomic E-state index is 13.0. The van der Waals surface area contributed by atoms with Crippen LogP contribution in [0.3, 0.4) is 0 Å². The molecule has 0 heterocycles. The molecule has 3 aromatic rings. The summed E-state index contributed by atoms with van der Waals surface area (Å²) in [6.45, 7) is 5.55. The minimum absolute atomic E-state index is 0.0807. The number of carbonyl (C=O) groups excluding carboxylic acids is 1. The summed E-state index contributed by atoms with van der Waals surface area (Å²) in [5.41, 5.74) is 3.92. The second kappa shape index (κ2) is 8.49. The molecule has 0 atom stereocenters. The van der Waals surface area contributed by atoms with Gasteiger partial charge in [-0.1, -0.05) is 49.4 Å². The first-order valence-corrected chi connectivity index (χ1v) is 10.9. The fourth-order valence-corrected chi connectivity index (χ4v) is 4.47. The molecule has 3 rings (SSSR count). The zero-order valence-corrected chi connectivity index (χ0v) is 17.5. The van der Waals surface area contributed by atoms with Crippen molar-refractivity contribution in [1.82, 2.24) is 0 Å². The van der Waals surface area contributed by atoms with Crippen LogP contribution in [0.1, 0.15) is 34.0 Å². The van der Waals surface area contributed by atoms with Gasteiger partial charge in [-0.25, -0.2) is 8.42 Å². The number of benzene rings is 3. The van der Waals surface area contributed by atoms with Crippen molar-refractivity contribution in [1.29, 1.82) is 0 Å². The van der Waals surface area contributed by atoms with Crippen molar-refractivity contribution in [2.24, 2.45) is 0 Å². The summed E-state index contributed by atoms with van der Waals surface area (Å²) >= 11 is 0. The van der Waals surface area contributed by atoms with Gasteiger partial charge in [-0.2, -0.15) is 0 Å². The number of para-hydroxylation sites is 2. The third-order valence-electron chi connectivity index (χ3n) is 4.78. The molecule has 0 bridgehead atoms. The predicted octanol–water partition coefficient (Wildman–Crippen LogP) is 4.92. The first-order valence-electron chi connectivity index (χ1n) is 9.40. The van der Waals surface area contributed by atoms with Gasteiger partial charge in [0.15, 0.2) is 0 Å². The molecule has 0 fully saturated rings. The van der Waals surface area contributed by atoms with Crippen LogP contribution in [-0.4, -0.2) is 14.3 Å². The van der Waals surface area contributed by atoms with Gasteiger partial charge in [0, 0.05) is 11.3 Å². The summed E-state index contributed by atoms with van der Waals surface area (Å²) in [4.78, 5) is 12.8. The number of hydrogen-bond donors (Lipinski definition) is 2. The molecule has 6 heteroatoms. The summed E-state index contributed by atoms with van der Waals surface area (Å²) in [5.74, 6) is -0.349. The summed E-state index contributed by atoms with van der Waals surface area (Å²) in [6, 6.07) is 19.4. The number of amides is 1. The molecule has 0 spiro atoms. The standard InChI is InChI=1S/C23H24N2O3S/c1-4-18-10-6-8-12-21(18)24-23(26)19-14-13-17(3)22(15-19)29(27,28)25-20-11-7-5-9-16(20)2/h5-15,25H,4H2,1-3H3,(H,24,26). The number of rotatable bonds is 6. The summed E-state index contributed by atoms with van der Waals surface area (Å²) < 4.78 is 28.5. The number of sulfonamides is 1. The number of carbonyl (C=O) groups is 1. The van der Waals surface area contributed by atoms with Gasteiger partial charge in [-0.3, -0.25) is 9.52 Å². The van der Waals surface area contributed by atoms with Gasteiger partial charge < -0.3 is 5.32 Å². The molecular formula is C23H24N2O3S. The number of nitrogens with one attached hydrogen (secondary N) is 2. The topological polar surface area (TPSA) is 75.3 Å². The van der Waals surface area contributed by atoms with Crippen LogP contribution in [0.5, 0.6) is 0 Å². The van der Waals surface area contributed by atoms with Crippen molar-refractivity contribution in [3.63, 3.8) is 0 Å². The zero-order valence-electron chi connectivity index (χ0n) is 16.7. The smallest absolute Gasteiger partial charge is 0.262 e. The van der Waals surface area contributed by atoms with Gasteiger partial charge in [-0.15, -0.1) is 0 Å². The largest absolute Gasteiger partial charge is 0.322 e. The van der Waals surface area contributed by atoms with E-state index in [0.717, 1.165) is 23.2 Å². The van der Waals surface area contributed by atoms with Crippen LogP contribution < -0.4 is 10.0 Å². The molecule has 0 aliphatic carbocycles. The SMILES string of the molecule is CCc1ccccc1NC(=O)c1ccc(C)c(S(=O)(=O)Nc2ccccc2C)c1. The van der Waals surface area contributed by atoms with E-state index in [2.05, 4.69) is 10.0 Å². The van der Waals surface area contributed by atoms with E-state index in [1.165, 1.54) is 6.07 Å². The zero-order chi connectivity index (χ0) is 21.0. The molecule has 5 nitrogen and oxygen atoms in total. The van der Waals surface area contributed by atoms with Crippen LogP contribution in [0, 0.1) is 13.8 Å². The lowest BCUT2D eigenvalue weighted by Crippen LogP contribution is -2.18. The lowest BCUT2D eigenvalue weighted by molar-refractivity contribution is 0.102. The molecule has 0 radical (unpaired) electrons. The maximum atomic E-state index is 13.0. The molecule has 3 aromatic carbocycles. The Bertz CT molecular complexity index is 1150. The minimum Gasteiger partial charge on any atom is -0.322 e. The molecule has 0 aliphatic rings. The van der Waals surface area contributed by atoms with Crippen LogP contribution in [0.4, 0.5) is 11.4 Å². The molecule has 0 unspecified atom stereocenters. The third kappa shape index (κ3) is 4.66. The lowest BCUT2D eigenvalue weighted by atomic mass is 10.1. The molecule has 0 saturated heterocycles. The van der Waals surface area contributed by atoms with E-state index in [-0.39, 0.29) is 16.4 Å². The Kier molecular flexibility index (Phi) is 6.03. The van der Waals surface area contributed by atoms with Crippen molar-refractivity contribution in [2.75, 3.05) is 10.0 Å². The van der Waals surface area contributed by atoms with Gasteiger partial charge in [0.05, 0.1) is 10.6 Å². The molecule has 150 valence electrons. The molecule has 0 saturated carbocycles. The quantitative estimate of drug-likeness (QED) is 0.608. The Balaban J connectivity index is 1.91. The fraction of sp³-hybridized carbons (Fsp3) is 0.174. The fourth-order valence-electron chi connectivity index (χ4n) is 3.06. The minimum atomic E-state index is -3.84. The van der Waals surface area contributed by atoms with Gasteiger partial charge >= 0.3 is 0 Å². The van der Waals surface area contributed by atoms with Gasteiger partial charge in [0.2, 0.25) is 0 Å². The van der Waals surface area contributed by atoms with Gasteiger partial charge in [-0.05, 0) is 61.2 Å². The highest BCUT2D eigenvalue weighted by molar-refractivity contribution is 7.92. The number of hydrogen-bond acceptors (Lipinski definition) is 3. The van der Waals surface area contributed by atoms with E-state index in [0.29, 0.717) is 11.3 Å². The molecule has 0 aliphatic heterocycles. The van der Waals surface area contributed by atoms with Crippen molar-refractivity contribution < 1.29 is 13.2 Å². The van der Waals surface area contributed by atoms with Crippen molar-refractivity contribution >= 4 is 27.3 Å². The summed E-state index contributed by atoms with van der Waals surface area (Å²) in [7, 11) is -3.84. The highest BCUT2D eigenvalue weighted by Crippen LogP contribution is 2.24. The van der Waals surface area contributed by atoms with Crippen LogP contribution in [-0.2, 0) is 16.4 Å². The van der Waals surface area contributed by atoms with E-state index in [1.54, 1.807) is 31.2 Å². The second-order valence-electron chi connectivity index (χ2n) is 6.87. The molecule has 0 aromatic heterocycles. The van der Waals surface area contributed by atoms with E-state index < -0.39 is 10.0 Å². The van der Waals surface area contributed by atoms with Crippen molar-refractivity contribution in [3.05, 3.63) is 89.0 Å². The average Bonchev–Trinajstić information content (AvgIpc) is 2.70.